The third-order valence-electron chi connectivity index (χ3n) is 5.61. The van der Waals surface area contributed by atoms with Crippen LogP contribution in [0.15, 0.2) is 36.7 Å². The molecule has 1 heterocycles. The molecule has 0 saturated carbocycles. The monoisotopic (exact) mass is 424 g/mol. The smallest absolute Gasteiger partial charge is 0.311 e. The molecule has 0 fully saturated rings. The summed E-state index contributed by atoms with van der Waals surface area (Å²) in [6.45, 7) is 4.46. The van der Waals surface area contributed by atoms with Crippen LogP contribution in [0.2, 0.25) is 0 Å². The fraction of sp³-hybridized carbons (Fsp3) is 0.593. The van der Waals surface area contributed by atoms with Crippen molar-refractivity contribution in [1.82, 2.24) is 9.97 Å². The number of esters is 1. The average Bonchev–Trinajstić information content (AvgIpc) is 2.79. The molecular weight excluding hydrogens is 384 g/mol. The summed E-state index contributed by atoms with van der Waals surface area (Å²) in [7, 11) is 0. The quantitative estimate of drug-likeness (QED) is 0.157. The third-order valence-corrected chi connectivity index (χ3v) is 5.61. The zero-order chi connectivity index (χ0) is 22.2. The largest absolute Gasteiger partial charge is 0.427 e. The molecule has 170 valence electrons. The van der Waals surface area contributed by atoms with Crippen LogP contribution in [0.1, 0.15) is 103 Å². The number of hydrogen-bond acceptors (Lipinski definition) is 4. The SMILES string of the molecule is CCCCCCCCCCC(=O)Oc1ccc(-c2cnc(CCCCCC)cn2)cc1. The Labute approximate surface area is 188 Å². The summed E-state index contributed by atoms with van der Waals surface area (Å²) < 4.78 is 5.47. The fourth-order valence-corrected chi connectivity index (χ4v) is 3.65. The molecule has 0 radical (unpaired) electrons. The number of carbonyl (C=O) groups excluding carboxylic acids is 1. The first kappa shape index (κ1) is 25.0. The number of carbonyl (C=O) groups is 1. The normalized spacial score (nSPS) is 10.9. The van der Waals surface area contributed by atoms with Crippen molar-refractivity contribution in [3.63, 3.8) is 0 Å². The van der Waals surface area contributed by atoms with E-state index in [-0.39, 0.29) is 5.97 Å². The highest BCUT2D eigenvalue weighted by molar-refractivity contribution is 5.72. The molecule has 0 unspecified atom stereocenters. The van der Waals surface area contributed by atoms with Gasteiger partial charge < -0.3 is 4.74 Å². The summed E-state index contributed by atoms with van der Waals surface area (Å²) in [5.41, 5.74) is 2.87. The number of rotatable bonds is 16. The number of unbranched alkanes of at least 4 members (excludes halogenated alkanes) is 10. The van der Waals surface area contributed by atoms with Gasteiger partial charge in [0.2, 0.25) is 0 Å². The minimum absolute atomic E-state index is 0.147. The van der Waals surface area contributed by atoms with E-state index < -0.39 is 0 Å². The molecule has 0 amide bonds. The predicted octanol–water partition coefficient (Wildman–Crippen LogP) is 7.70. The second kappa shape index (κ2) is 15.6. The Kier molecular flexibility index (Phi) is 12.6. The maximum absolute atomic E-state index is 12.1. The van der Waals surface area contributed by atoms with E-state index in [0.29, 0.717) is 12.2 Å². The Morgan fingerprint density at radius 3 is 1.97 bits per heavy atom. The lowest BCUT2D eigenvalue weighted by atomic mass is 10.1. The van der Waals surface area contributed by atoms with Crippen LogP contribution in [0.5, 0.6) is 5.75 Å². The van der Waals surface area contributed by atoms with Crippen LogP contribution >= 0.6 is 0 Å². The number of nitrogens with zero attached hydrogens (tertiary/aromatic N) is 2. The van der Waals surface area contributed by atoms with Gasteiger partial charge in [0.1, 0.15) is 5.75 Å². The highest BCUT2D eigenvalue weighted by Gasteiger charge is 2.06. The minimum Gasteiger partial charge on any atom is -0.427 e. The highest BCUT2D eigenvalue weighted by Crippen LogP contribution is 2.21. The summed E-state index contributed by atoms with van der Waals surface area (Å²) in [6.07, 6.45) is 19.9. The highest BCUT2D eigenvalue weighted by atomic mass is 16.5. The van der Waals surface area contributed by atoms with Gasteiger partial charge in [-0.15, -0.1) is 0 Å². The van der Waals surface area contributed by atoms with Gasteiger partial charge in [0, 0.05) is 18.2 Å². The maximum Gasteiger partial charge on any atom is 0.311 e. The van der Waals surface area contributed by atoms with Crippen molar-refractivity contribution in [2.45, 2.75) is 104 Å². The summed E-state index contributed by atoms with van der Waals surface area (Å²) in [5.74, 6) is 0.444. The van der Waals surface area contributed by atoms with Gasteiger partial charge >= 0.3 is 5.97 Å². The second-order valence-electron chi connectivity index (χ2n) is 8.43. The van der Waals surface area contributed by atoms with Crippen LogP contribution < -0.4 is 4.74 Å². The van der Waals surface area contributed by atoms with E-state index in [2.05, 4.69) is 23.8 Å². The summed E-state index contributed by atoms with van der Waals surface area (Å²) >= 11 is 0. The first-order valence-electron chi connectivity index (χ1n) is 12.3. The van der Waals surface area contributed by atoms with Crippen molar-refractivity contribution in [3.8, 4) is 17.0 Å². The average molecular weight is 425 g/mol. The van der Waals surface area contributed by atoms with Gasteiger partial charge in [-0.2, -0.15) is 0 Å². The predicted molar refractivity (Wildman–Crippen MR) is 128 cm³/mol. The molecule has 2 rings (SSSR count). The first-order valence-corrected chi connectivity index (χ1v) is 12.3. The fourth-order valence-electron chi connectivity index (χ4n) is 3.65. The molecule has 4 nitrogen and oxygen atoms in total. The topological polar surface area (TPSA) is 52.1 Å². The molecule has 0 atom stereocenters. The van der Waals surface area contributed by atoms with Gasteiger partial charge in [-0.1, -0.05) is 78.1 Å². The Balaban J connectivity index is 1.68. The van der Waals surface area contributed by atoms with Crippen LogP contribution in [0, 0.1) is 0 Å². The van der Waals surface area contributed by atoms with Gasteiger partial charge in [0.05, 0.1) is 17.6 Å². The Morgan fingerprint density at radius 2 is 1.35 bits per heavy atom. The van der Waals surface area contributed by atoms with E-state index in [0.717, 1.165) is 36.2 Å². The molecule has 1 aromatic heterocycles. The van der Waals surface area contributed by atoms with Crippen LogP contribution in [0.3, 0.4) is 0 Å². The van der Waals surface area contributed by atoms with Gasteiger partial charge in [-0.3, -0.25) is 14.8 Å². The van der Waals surface area contributed by atoms with Gasteiger partial charge in [-0.25, -0.2) is 0 Å². The zero-order valence-electron chi connectivity index (χ0n) is 19.6. The van der Waals surface area contributed by atoms with E-state index in [1.807, 2.05) is 36.7 Å². The number of ether oxygens (including phenoxy) is 1. The van der Waals surface area contributed by atoms with Crippen molar-refractivity contribution in [2.24, 2.45) is 0 Å². The molecule has 0 spiro atoms. The van der Waals surface area contributed by atoms with E-state index >= 15 is 0 Å². The molecule has 0 saturated heterocycles. The van der Waals surface area contributed by atoms with Crippen molar-refractivity contribution in [2.75, 3.05) is 0 Å². The van der Waals surface area contributed by atoms with Gasteiger partial charge in [0.25, 0.3) is 0 Å². The molecule has 0 aliphatic heterocycles. The number of aryl methyl sites for hydroxylation is 1. The lowest BCUT2D eigenvalue weighted by molar-refractivity contribution is -0.134. The summed E-state index contributed by atoms with van der Waals surface area (Å²) in [4.78, 5) is 21.2. The molecular formula is C27H40N2O2. The molecule has 2 aromatic rings. The van der Waals surface area contributed by atoms with Crippen LogP contribution in [0.25, 0.3) is 11.3 Å². The standard InChI is InChI=1S/C27H40N2O2/c1-3-5-7-9-10-11-12-14-16-27(30)31-25-19-17-23(18-20-25)26-22-28-24(21-29-26)15-13-8-6-4-2/h17-22H,3-16H2,1-2H3. The number of benzene rings is 1. The minimum atomic E-state index is -0.147. The lowest BCUT2D eigenvalue weighted by Gasteiger charge is -2.06. The molecule has 0 aliphatic rings. The summed E-state index contributed by atoms with van der Waals surface area (Å²) in [6, 6.07) is 7.54. The van der Waals surface area contributed by atoms with Crippen molar-refractivity contribution < 1.29 is 9.53 Å². The van der Waals surface area contributed by atoms with E-state index in [1.165, 1.54) is 64.2 Å². The van der Waals surface area contributed by atoms with Gasteiger partial charge in [-0.05, 0) is 43.5 Å². The van der Waals surface area contributed by atoms with E-state index in [4.69, 9.17) is 4.74 Å². The van der Waals surface area contributed by atoms with Crippen LogP contribution in [0.4, 0.5) is 0 Å². The number of hydrogen-bond donors (Lipinski definition) is 0. The molecule has 31 heavy (non-hydrogen) atoms. The first-order chi connectivity index (χ1) is 15.2. The van der Waals surface area contributed by atoms with E-state index in [1.54, 1.807) is 0 Å². The molecule has 0 N–H and O–H groups in total. The second-order valence-corrected chi connectivity index (χ2v) is 8.43. The summed E-state index contributed by atoms with van der Waals surface area (Å²) in [5, 5.41) is 0. The van der Waals surface area contributed by atoms with Crippen molar-refractivity contribution >= 4 is 5.97 Å². The Morgan fingerprint density at radius 1 is 0.742 bits per heavy atom. The molecule has 1 aromatic carbocycles. The maximum atomic E-state index is 12.1. The molecule has 0 aliphatic carbocycles. The zero-order valence-corrected chi connectivity index (χ0v) is 19.6. The molecule has 4 heteroatoms. The van der Waals surface area contributed by atoms with Crippen LogP contribution in [-0.4, -0.2) is 15.9 Å². The van der Waals surface area contributed by atoms with Crippen molar-refractivity contribution in [1.29, 1.82) is 0 Å². The lowest BCUT2D eigenvalue weighted by Crippen LogP contribution is -2.07. The van der Waals surface area contributed by atoms with Gasteiger partial charge in [0.15, 0.2) is 0 Å². The Hall–Kier alpha value is -2.23. The molecule has 0 bridgehead atoms. The third kappa shape index (κ3) is 10.6. The van der Waals surface area contributed by atoms with Crippen molar-refractivity contribution in [3.05, 3.63) is 42.4 Å². The number of aromatic nitrogens is 2. The Bertz CT molecular complexity index is 726. The van der Waals surface area contributed by atoms with E-state index in [9.17, 15) is 4.79 Å². The van der Waals surface area contributed by atoms with Crippen LogP contribution in [-0.2, 0) is 11.2 Å².